The number of imidazole rings is 1. The fraction of sp³-hybridized carbons (Fsp3) is 0.455. The van der Waals surface area contributed by atoms with Gasteiger partial charge in [-0.1, -0.05) is 41.9 Å². The van der Waals surface area contributed by atoms with Crippen LogP contribution < -0.4 is 10.9 Å². The van der Waals surface area contributed by atoms with Gasteiger partial charge >= 0.3 is 0 Å². The van der Waals surface area contributed by atoms with E-state index in [-0.39, 0.29) is 35.6 Å². The van der Waals surface area contributed by atoms with Crippen LogP contribution in [-0.2, 0) is 17.8 Å². The number of aryl methyl sites for hydroxylation is 1. The number of nitrogens with zero attached hydrogens (tertiary/aromatic N) is 5. The summed E-state index contributed by atoms with van der Waals surface area (Å²) < 4.78 is 2.99. The van der Waals surface area contributed by atoms with Crippen molar-refractivity contribution in [3.05, 3.63) is 87.1 Å². The first-order valence-corrected chi connectivity index (χ1v) is 15.7. The van der Waals surface area contributed by atoms with Crippen LogP contribution in [0, 0.1) is 5.92 Å². The first-order chi connectivity index (χ1) is 20.8. The van der Waals surface area contributed by atoms with Gasteiger partial charge in [-0.2, -0.15) is 5.10 Å². The molecule has 2 aromatic carbocycles. The summed E-state index contributed by atoms with van der Waals surface area (Å²) in [5, 5.41) is 20.0. The Balaban J connectivity index is 1.04. The van der Waals surface area contributed by atoms with Gasteiger partial charge < -0.3 is 15.3 Å². The number of likely N-dealkylation sites (tertiary alicyclic amines) is 1. The fourth-order valence-corrected chi connectivity index (χ4v) is 7.46. The van der Waals surface area contributed by atoms with E-state index in [4.69, 9.17) is 11.6 Å². The number of carbonyl (C=O) groups is 1. The van der Waals surface area contributed by atoms with Crippen LogP contribution in [0.2, 0.25) is 5.02 Å². The van der Waals surface area contributed by atoms with E-state index < -0.39 is 5.60 Å². The maximum atomic E-state index is 13.5. The minimum absolute atomic E-state index is 0.102. The summed E-state index contributed by atoms with van der Waals surface area (Å²) in [6.45, 7) is 1.03. The molecule has 0 spiro atoms. The Kier molecular flexibility index (Phi) is 7.35. The van der Waals surface area contributed by atoms with Crippen molar-refractivity contribution >= 4 is 23.2 Å². The van der Waals surface area contributed by atoms with Gasteiger partial charge in [0.05, 0.1) is 24.0 Å². The molecule has 2 atom stereocenters. The minimum atomic E-state index is -1.11. The molecule has 1 aliphatic heterocycles. The quantitative estimate of drug-likeness (QED) is 0.312. The van der Waals surface area contributed by atoms with Gasteiger partial charge in [-0.05, 0) is 86.2 Å². The van der Waals surface area contributed by atoms with Gasteiger partial charge in [0.15, 0.2) is 0 Å². The Morgan fingerprint density at radius 1 is 1.16 bits per heavy atom. The molecule has 2 aliphatic carbocycles. The lowest BCUT2D eigenvalue weighted by Gasteiger charge is -2.38. The molecule has 3 aliphatic rings. The summed E-state index contributed by atoms with van der Waals surface area (Å²) in [7, 11) is 1.94. The van der Waals surface area contributed by atoms with E-state index in [9.17, 15) is 14.7 Å². The fourth-order valence-electron chi connectivity index (χ4n) is 7.09. The number of carbonyl (C=O) groups excluding carboxylic acids is 1. The van der Waals surface area contributed by atoms with Crippen LogP contribution in [0.15, 0.2) is 59.8 Å². The zero-order chi connectivity index (χ0) is 29.7. The second-order valence-electron chi connectivity index (χ2n) is 12.5. The van der Waals surface area contributed by atoms with Crippen LogP contribution in [0.3, 0.4) is 0 Å². The molecule has 224 valence electrons. The lowest BCUT2D eigenvalue weighted by atomic mass is 9.88. The second kappa shape index (κ2) is 11.2. The zero-order valence-corrected chi connectivity index (χ0v) is 25.1. The standard InChI is InChI=1S/C33H37ClN6O3/c1-35-27-10-9-23-15-24(16-26(34)30(23)27)28-18-36-31-32(42)39(20-37-40(28)31)19-33(43)11-13-38(14-12-33)29(41)17-25(22-7-8-22)21-5-3-2-4-6-21/h2-6,15-16,18,20,22,25,27,35,43H,7-14,17,19H2,1H3. The van der Waals surface area contributed by atoms with Gasteiger partial charge in [0, 0.05) is 36.1 Å². The molecule has 1 saturated carbocycles. The van der Waals surface area contributed by atoms with Gasteiger partial charge in [-0.25, -0.2) is 9.50 Å². The Morgan fingerprint density at radius 3 is 2.65 bits per heavy atom. The molecule has 2 aromatic heterocycles. The van der Waals surface area contributed by atoms with Crippen molar-refractivity contribution in [1.82, 2.24) is 29.4 Å². The summed E-state index contributed by atoms with van der Waals surface area (Å²) in [5.41, 5.74) is 3.90. The van der Waals surface area contributed by atoms with Gasteiger partial charge in [0.1, 0.15) is 6.33 Å². The first kappa shape index (κ1) is 28.3. The van der Waals surface area contributed by atoms with Crippen LogP contribution in [0.5, 0.6) is 0 Å². The molecule has 1 amide bonds. The molecular formula is C33H37ClN6O3. The number of fused-ring (bicyclic) bond motifs is 2. The zero-order valence-electron chi connectivity index (χ0n) is 24.4. The molecule has 10 heteroatoms. The molecule has 1 saturated heterocycles. The van der Waals surface area contributed by atoms with Crippen molar-refractivity contribution < 1.29 is 9.90 Å². The summed E-state index contributed by atoms with van der Waals surface area (Å²) in [6.07, 6.45) is 8.71. The number of hydrogen-bond acceptors (Lipinski definition) is 6. The topological polar surface area (TPSA) is 105 Å². The molecule has 9 nitrogen and oxygen atoms in total. The largest absolute Gasteiger partial charge is 0.388 e. The predicted molar refractivity (Wildman–Crippen MR) is 165 cm³/mol. The number of piperidine rings is 1. The Morgan fingerprint density at radius 2 is 1.93 bits per heavy atom. The van der Waals surface area contributed by atoms with E-state index in [1.807, 2.05) is 36.2 Å². The molecule has 7 rings (SSSR count). The van der Waals surface area contributed by atoms with Crippen LogP contribution >= 0.6 is 11.6 Å². The molecular weight excluding hydrogens is 564 g/mol. The van der Waals surface area contributed by atoms with E-state index in [0.717, 1.165) is 24.0 Å². The number of nitrogens with one attached hydrogen (secondary N) is 1. The van der Waals surface area contributed by atoms with Crippen LogP contribution in [-0.4, -0.2) is 60.8 Å². The summed E-state index contributed by atoms with van der Waals surface area (Å²) >= 11 is 6.69. The highest BCUT2D eigenvalue weighted by molar-refractivity contribution is 6.32. The number of hydrogen-bond donors (Lipinski definition) is 2. The predicted octanol–water partition coefficient (Wildman–Crippen LogP) is 4.36. The maximum absolute atomic E-state index is 13.5. The average molecular weight is 601 g/mol. The van der Waals surface area contributed by atoms with Crippen molar-refractivity contribution in [1.29, 1.82) is 0 Å². The molecule has 2 unspecified atom stereocenters. The molecule has 0 radical (unpaired) electrons. The Hall–Kier alpha value is -3.53. The summed E-state index contributed by atoms with van der Waals surface area (Å²) in [6, 6.07) is 14.6. The highest BCUT2D eigenvalue weighted by atomic mass is 35.5. The molecule has 4 aromatic rings. The number of aliphatic hydroxyl groups is 1. The van der Waals surface area contributed by atoms with Gasteiger partial charge in [-0.3, -0.25) is 14.2 Å². The number of benzene rings is 2. The highest BCUT2D eigenvalue weighted by Gasteiger charge is 2.38. The summed E-state index contributed by atoms with van der Waals surface area (Å²) in [5.74, 6) is 0.973. The Labute approximate surface area is 255 Å². The van der Waals surface area contributed by atoms with E-state index in [1.54, 1.807) is 10.7 Å². The highest BCUT2D eigenvalue weighted by Crippen LogP contribution is 2.45. The third-order valence-corrected chi connectivity index (χ3v) is 10.0. The number of halogens is 1. The number of amides is 1. The molecule has 2 N–H and O–H groups in total. The maximum Gasteiger partial charge on any atom is 0.296 e. The van der Waals surface area contributed by atoms with E-state index >= 15 is 0 Å². The smallest absolute Gasteiger partial charge is 0.296 e. The molecule has 0 bridgehead atoms. The van der Waals surface area contributed by atoms with Crippen LogP contribution in [0.25, 0.3) is 16.9 Å². The van der Waals surface area contributed by atoms with Gasteiger partial charge in [0.2, 0.25) is 11.6 Å². The van der Waals surface area contributed by atoms with Crippen molar-refractivity contribution in [3.63, 3.8) is 0 Å². The van der Waals surface area contributed by atoms with E-state index in [2.05, 4.69) is 33.6 Å². The van der Waals surface area contributed by atoms with Crippen molar-refractivity contribution in [2.24, 2.45) is 5.92 Å². The number of rotatable bonds is 8. The number of aromatic nitrogens is 4. The normalized spacial score (nSPS) is 20.3. The van der Waals surface area contributed by atoms with Crippen LogP contribution in [0.1, 0.15) is 67.2 Å². The monoisotopic (exact) mass is 600 g/mol. The van der Waals surface area contributed by atoms with E-state index in [0.29, 0.717) is 49.0 Å². The van der Waals surface area contributed by atoms with E-state index in [1.165, 1.54) is 34.9 Å². The van der Waals surface area contributed by atoms with Crippen molar-refractivity contribution in [2.75, 3.05) is 20.1 Å². The molecule has 3 heterocycles. The average Bonchev–Trinajstić information content (AvgIpc) is 3.61. The van der Waals surface area contributed by atoms with Crippen molar-refractivity contribution in [2.45, 2.75) is 69.1 Å². The third-order valence-electron chi connectivity index (χ3n) is 9.73. The SMILES string of the molecule is CNC1CCc2cc(-c3cnc4c(=O)n(CC5(O)CCN(C(=O)CC(c6ccccc6)C6CC6)CC5)cnn34)cc(Cl)c21. The third kappa shape index (κ3) is 5.39. The first-order valence-electron chi connectivity index (χ1n) is 15.3. The minimum Gasteiger partial charge on any atom is -0.388 e. The van der Waals surface area contributed by atoms with Crippen LogP contribution in [0.4, 0.5) is 0 Å². The lowest BCUT2D eigenvalue weighted by molar-refractivity contribution is -0.136. The Bertz CT molecular complexity index is 1720. The second-order valence-corrected chi connectivity index (χ2v) is 12.9. The van der Waals surface area contributed by atoms with Crippen molar-refractivity contribution in [3.8, 4) is 11.3 Å². The molecule has 2 fully saturated rings. The summed E-state index contributed by atoms with van der Waals surface area (Å²) in [4.78, 5) is 33.0. The lowest BCUT2D eigenvalue weighted by Crippen LogP contribution is -2.50. The molecule has 43 heavy (non-hydrogen) atoms. The van der Waals surface area contributed by atoms with Gasteiger partial charge in [-0.15, -0.1) is 0 Å². The van der Waals surface area contributed by atoms with Gasteiger partial charge in [0.25, 0.3) is 5.56 Å².